The van der Waals surface area contributed by atoms with Gasteiger partial charge >= 0.3 is 0 Å². The Morgan fingerprint density at radius 2 is 2.11 bits per heavy atom. The standard InChI is InChI=1S/C12H11F2NO2S/c13-12(14,7-16)6-15-11(17)9-5-18-10-4-2-1-3-8(9)10/h1-5,16H,6-7H2,(H,15,17). The van der Waals surface area contributed by atoms with Crippen molar-refractivity contribution in [1.82, 2.24) is 5.32 Å². The molecule has 0 aliphatic carbocycles. The van der Waals surface area contributed by atoms with Crippen LogP contribution in [0.2, 0.25) is 0 Å². The summed E-state index contributed by atoms with van der Waals surface area (Å²) >= 11 is 1.38. The van der Waals surface area contributed by atoms with Crippen molar-refractivity contribution in [2.45, 2.75) is 5.92 Å². The van der Waals surface area contributed by atoms with Crippen LogP contribution in [0.4, 0.5) is 8.78 Å². The van der Waals surface area contributed by atoms with E-state index in [0.717, 1.165) is 10.1 Å². The van der Waals surface area contributed by atoms with Gasteiger partial charge in [0.1, 0.15) is 6.61 Å². The zero-order valence-corrected chi connectivity index (χ0v) is 10.1. The second-order valence-corrected chi connectivity index (χ2v) is 4.75. The Morgan fingerprint density at radius 3 is 2.83 bits per heavy atom. The molecule has 96 valence electrons. The van der Waals surface area contributed by atoms with Crippen LogP contribution in [-0.2, 0) is 0 Å². The molecule has 1 heterocycles. The van der Waals surface area contributed by atoms with E-state index in [1.807, 2.05) is 12.1 Å². The maximum absolute atomic E-state index is 12.8. The molecule has 18 heavy (non-hydrogen) atoms. The van der Waals surface area contributed by atoms with Crippen LogP contribution in [0.15, 0.2) is 29.6 Å². The number of alkyl halides is 2. The predicted molar refractivity (Wildman–Crippen MR) is 66.2 cm³/mol. The monoisotopic (exact) mass is 271 g/mol. The molecule has 0 aliphatic rings. The van der Waals surface area contributed by atoms with Crippen molar-refractivity contribution in [2.75, 3.05) is 13.2 Å². The first-order valence-electron chi connectivity index (χ1n) is 5.26. The van der Waals surface area contributed by atoms with Crippen molar-refractivity contribution < 1.29 is 18.7 Å². The van der Waals surface area contributed by atoms with E-state index in [9.17, 15) is 13.6 Å². The number of carbonyl (C=O) groups is 1. The number of halogens is 2. The number of thiophene rings is 1. The van der Waals surface area contributed by atoms with Gasteiger partial charge in [-0.3, -0.25) is 4.79 Å². The summed E-state index contributed by atoms with van der Waals surface area (Å²) in [6.07, 6.45) is 0. The van der Waals surface area contributed by atoms with Gasteiger partial charge < -0.3 is 10.4 Å². The van der Waals surface area contributed by atoms with Gasteiger partial charge in [0, 0.05) is 15.5 Å². The number of aliphatic hydroxyl groups excluding tert-OH is 1. The lowest BCUT2D eigenvalue weighted by Crippen LogP contribution is -2.38. The summed E-state index contributed by atoms with van der Waals surface area (Å²) in [5, 5.41) is 12.9. The summed E-state index contributed by atoms with van der Waals surface area (Å²) in [5.74, 6) is -3.85. The largest absolute Gasteiger partial charge is 0.390 e. The summed E-state index contributed by atoms with van der Waals surface area (Å²) < 4.78 is 26.5. The topological polar surface area (TPSA) is 49.3 Å². The van der Waals surface area contributed by atoms with Gasteiger partial charge in [-0.2, -0.15) is 0 Å². The highest BCUT2D eigenvalue weighted by Gasteiger charge is 2.28. The fourth-order valence-corrected chi connectivity index (χ4v) is 2.46. The Morgan fingerprint density at radius 1 is 1.39 bits per heavy atom. The highest BCUT2D eigenvalue weighted by Crippen LogP contribution is 2.25. The summed E-state index contributed by atoms with van der Waals surface area (Å²) in [7, 11) is 0. The summed E-state index contributed by atoms with van der Waals surface area (Å²) in [4.78, 5) is 11.8. The number of benzene rings is 1. The van der Waals surface area contributed by atoms with E-state index in [0.29, 0.717) is 5.56 Å². The van der Waals surface area contributed by atoms with Crippen molar-refractivity contribution in [3.8, 4) is 0 Å². The molecule has 2 N–H and O–H groups in total. The molecule has 6 heteroatoms. The second kappa shape index (κ2) is 4.99. The van der Waals surface area contributed by atoms with Gasteiger partial charge in [-0.05, 0) is 6.07 Å². The zero-order valence-electron chi connectivity index (χ0n) is 9.32. The van der Waals surface area contributed by atoms with Gasteiger partial charge in [0.15, 0.2) is 0 Å². The Balaban J connectivity index is 2.14. The number of aliphatic hydroxyl groups is 1. The molecule has 0 bridgehead atoms. The second-order valence-electron chi connectivity index (χ2n) is 3.84. The quantitative estimate of drug-likeness (QED) is 0.896. The first-order chi connectivity index (χ1) is 8.53. The maximum atomic E-state index is 12.8. The van der Waals surface area contributed by atoms with Crippen LogP contribution < -0.4 is 5.32 Å². The molecule has 2 aromatic rings. The number of rotatable bonds is 4. The third-order valence-electron chi connectivity index (χ3n) is 2.46. The zero-order chi connectivity index (χ0) is 13.2. The molecule has 0 radical (unpaired) electrons. The molecule has 3 nitrogen and oxygen atoms in total. The van der Waals surface area contributed by atoms with Gasteiger partial charge in [-0.15, -0.1) is 11.3 Å². The van der Waals surface area contributed by atoms with E-state index < -0.39 is 25.0 Å². The molecule has 1 aromatic carbocycles. The highest BCUT2D eigenvalue weighted by molar-refractivity contribution is 7.17. The maximum Gasteiger partial charge on any atom is 0.287 e. The molecular formula is C12H11F2NO2S. The molecule has 0 spiro atoms. The van der Waals surface area contributed by atoms with Crippen LogP contribution in [0, 0.1) is 0 Å². The molecule has 1 amide bonds. The molecule has 0 saturated heterocycles. The Labute approximate surface area is 106 Å². The number of fused-ring (bicyclic) bond motifs is 1. The van der Waals surface area contributed by atoms with E-state index >= 15 is 0 Å². The molecule has 2 rings (SSSR count). The minimum absolute atomic E-state index is 0.379. The lowest BCUT2D eigenvalue weighted by atomic mass is 10.1. The molecule has 0 atom stereocenters. The minimum Gasteiger partial charge on any atom is -0.390 e. The molecule has 0 saturated carbocycles. The number of carbonyl (C=O) groups excluding carboxylic acids is 1. The normalized spacial score (nSPS) is 11.7. The average Bonchev–Trinajstić information content (AvgIpc) is 2.80. The number of hydrogen-bond donors (Lipinski definition) is 2. The van der Waals surface area contributed by atoms with Crippen LogP contribution in [0.25, 0.3) is 10.1 Å². The van der Waals surface area contributed by atoms with E-state index in [2.05, 4.69) is 5.32 Å². The van der Waals surface area contributed by atoms with Crippen molar-refractivity contribution >= 4 is 27.3 Å². The smallest absolute Gasteiger partial charge is 0.287 e. The van der Waals surface area contributed by atoms with Crippen molar-refractivity contribution in [1.29, 1.82) is 0 Å². The van der Waals surface area contributed by atoms with Crippen LogP contribution in [0.1, 0.15) is 10.4 Å². The lowest BCUT2D eigenvalue weighted by Gasteiger charge is -2.13. The van der Waals surface area contributed by atoms with Crippen molar-refractivity contribution in [2.24, 2.45) is 0 Å². The third kappa shape index (κ3) is 2.65. The van der Waals surface area contributed by atoms with Crippen LogP contribution in [0.5, 0.6) is 0 Å². The molecule has 0 aliphatic heterocycles. The van der Waals surface area contributed by atoms with Crippen molar-refractivity contribution in [3.63, 3.8) is 0 Å². The van der Waals surface area contributed by atoms with E-state index in [4.69, 9.17) is 5.11 Å². The number of amides is 1. The first-order valence-corrected chi connectivity index (χ1v) is 6.14. The summed E-state index contributed by atoms with van der Waals surface area (Å²) in [5.41, 5.74) is 0.379. The fraction of sp³-hybridized carbons (Fsp3) is 0.250. The molecule has 0 unspecified atom stereocenters. The lowest BCUT2D eigenvalue weighted by molar-refractivity contribution is -0.0461. The van der Waals surface area contributed by atoms with Gasteiger partial charge in [-0.1, -0.05) is 18.2 Å². The Bertz CT molecular complexity index is 568. The van der Waals surface area contributed by atoms with Gasteiger partial charge in [0.2, 0.25) is 0 Å². The molecule has 1 aromatic heterocycles. The summed E-state index contributed by atoms with van der Waals surface area (Å²) in [6.45, 7) is -2.15. The average molecular weight is 271 g/mol. The fourth-order valence-electron chi connectivity index (χ4n) is 1.51. The molecule has 0 fully saturated rings. The van der Waals surface area contributed by atoms with Gasteiger partial charge in [0.05, 0.1) is 12.1 Å². The SMILES string of the molecule is O=C(NCC(F)(F)CO)c1csc2ccccc12. The van der Waals surface area contributed by atoms with E-state index in [1.165, 1.54) is 11.3 Å². The number of hydrogen-bond acceptors (Lipinski definition) is 3. The van der Waals surface area contributed by atoms with Crippen LogP contribution in [0.3, 0.4) is 0 Å². The predicted octanol–water partition coefficient (Wildman–Crippen LogP) is 2.26. The Hall–Kier alpha value is -1.53. The van der Waals surface area contributed by atoms with Crippen molar-refractivity contribution in [3.05, 3.63) is 35.2 Å². The van der Waals surface area contributed by atoms with Gasteiger partial charge in [0.25, 0.3) is 11.8 Å². The van der Waals surface area contributed by atoms with Gasteiger partial charge in [-0.25, -0.2) is 8.78 Å². The third-order valence-corrected chi connectivity index (χ3v) is 3.43. The van der Waals surface area contributed by atoms with E-state index in [-0.39, 0.29) is 0 Å². The molecular weight excluding hydrogens is 260 g/mol. The minimum atomic E-state index is -3.29. The number of nitrogens with one attached hydrogen (secondary N) is 1. The van der Waals surface area contributed by atoms with Crippen LogP contribution in [-0.4, -0.2) is 30.1 Å². The van der Waals surface area contributed by atoms with E-state index in [1.54, 1.807) is 17.5 Å². The van der Waals surface area contributed by atoms with Crippen LogP contribution >= 0.6 is 11.3 Å². The summed E-state index contributed by atoms with van der Waals surface area (Å²) in [6, 6.07) is 7.26. The Kier molecular flexibility index (Phi) is 3.58. The first kappa shape index (κ1) is 12.9. The highest BCUT2D eigenvalue weighted by atomic mass is 32.1.